The molecule has 3 nitrogen and oxygen atoms in total. The van der Waals surface area contributed by atoms with Crippen LogP contribution < -0.4 is 5.32 Å². The van der Waals surface area contributed by atoms with E-state index >= 15 is 0 Å². The minimum absolute atomic E-state index is 0.140. The van der Waals surface area contributed by atoms with E-state index in [0.717, 1.165) is 18.9 Å². The van der Waals surface area contributed by atoms with Crippen molar-refractivity contribution in [2.24, 2.45) is 0 Å². The van der Waals surface area contributed by atoms with Crippen LogP contribution in [0.1, 0.15) is 37.1 Å². The Morgan fingerprint density at radius 1 is 1.21 bits per heavy atom. The standard InChI is InChI=1S/C13H15F3N2O/c14-13(15,16)11-3-1-2-10(18-11)12(19)6-8-4-5-9(7-12)17-8/h1-3,8-9,17,19H,4-7H2. The minimum atomic E-state index is -4.47. The molecule has 0 radical (unpaired) electrons. The molecule has 2 N–H and O–H groups in total. The lowest BCUT2D eigenvalue weighted by Gasteiger charge is -2.36. The molecule has 0 amide bonds. The van der Waals surface area contributed by atoms with Crippen molar-refractivity contribution in [3.63, 3.8) is 0 Å². The van der Waals surface area contributed by atoms with Crippen LogP contribution >= 0.6 is 0 Å². The number of aromatic nitrogens is 1. The van der Waals surface area contributed by atoms with E-state index in [2.05, 4.69) is 10.3 Å². The summed E-state index contributed by atoms with van der Waals surface area (Å²) in [5.41, 5.74) is -2.04. The largest absolute Gasteiger partial charge is 0.433 e. The fourth-order valence-corrected chi connectivity index (χ4v) is 3.18. The molecule has 2 aliphatic rings. The van der Waals surface area contributed by atoms with Crippen LogP contribution in [0.4, 0.5) is 13.2 Å². The van der Waals surface area contributed by atoms with Gasteiger partial charge in [0.2, 0.25) is 0 Å². The molecule has 2 saturated heterocycles. The fourth-order valence-electron chi connectivity index (χ4n) is 3.18. The van der Waals surface area contributed by atoms with Crippen molar-refractivity contribution in [3.05, 3.63) is 29.6 Å². The number of nitrogens with one attached hydrogen (secondary N) is 1. The zero-order valence-corrected chi connectivity index (χ0v) is 10.2. The summed E-state index contributed by atoms with van der Waals surface area (Å²) in [6.07, 6.45) is -1.69. The zero-order valence-electron chi connectivity index (χ0n) is 10.2. The van der Waals surface area contributed by atoms with Gasteiger partial charge in [-0.3, -0.25) is 0 Å². The van der Waals surface area contributed by atoms with Gasteiger partial charge >= 0.3 is 6.18 Å². The van der Waals surface area contributed by atoms with Crippen molar-refractivity contribution in [3.8, 4) is 0 Å². The summed E-state index contributed by atoms with van der Waals surface area (Å²) in [6.45, 7) is 0. The summed E-state index contributed by atoms with van der Waals surface area (Å²) < 4.78 is 38.0. The molecule has 3 rings (SSSR count). The van der Waals surface area contributed by atoms with Gasteiger partial charge in [-0.2, -0.15) is 13.2 Å². The number of hydrogen-bond acceptors (Lipinski definition) is 3. The highest BCUT2D eigenvalue weighted by molar-refractivity contribution is 5.21. The number of piperidine rings is 1. The van der Waals surface area contributed by atoms with Crippen LogP contribution in [-0.4, -0.2) is 22.2 Å². The fraction of sp³-hybridized carbons (Fsp3) is 0.615. The van der Waals surface area contributed by atoms with Crippen molar-refractivity contribution >= 4 is 0 Å². The molecule has 6 heteroatoms. The van der Waals surface area contributed by atoms with Crippen LogP contribution in [-0.2, 0) is 11.8 Å². The van der Waals surface area contributed by atoms with Gasteiger partial charge in [-0.1, -0.05) is 6.07 Å². The van der Waals surface area contributed by atoms with E-state index in [-0.39, 0.29) is 17.8 Å². The highest BCUT2D eigenvalue weighted by Gasteiger charge is 2.45. The number of halogens is 3. The summed E-state index contributed by atoms with van der Waals surface area (Å²) >= 11 is 0. The van der Waals surface area contributed by atoms with Gasteiger partial charge in [-0.05, 0) is 37.8 Å². The third-order valence-electron chi connectivity index (χ3n) is 4.02. The van der Waals surface area contributed by atoms with Crippen molar-refractivity contribution in [1.29, 1.82) is 0 Å². The number of alkyl halides is 3. The van der Waals surface area contributed by atoms with E-state index in [4.69, 9.17) is 0 Å². The molecular weight excluding hydrogens is 257 g/mol. The number of rotatable bonds is 1. The normalized spacial score (nSPS) is 34.5. The summed E-state index contributed by atoms with van der Waals surface area (Å²) in [4.78, 5) is 3.63. The third kappa shape index (κ3) is 2.34. The number of fused-ring (bicyclic) bond motifs is 2. The molecule has 2 bridgehead atoms. The van der Waals surface area contributed by atoms with Crippen molar-refractivity contribution < 1.29 is 18.3 Å². The summed E-state index contributed by atoms with van der Waals surface area (Å²) in [5, 5.41) is 14.0. The Bertz CT molecular complexity index is 477. The molecule has 1 aromatic rings. The summed E-state index contributed by atoms with van der Waals surface area (Å²) in [6, 6.07) is 4.09. The second kappa shape index (κ2) is 4.18. The second-order valence-electron chi connectivity index (χ2n) is 5.48. The average Bonchev–Trinajstić information content (AvgIpc) is 2.68. The Kier molecular flexibility index (Phi) is 2.83. The molecule has 3 heterocycles. The van der Waals surface area contributed by atoms with E-state index in [1.54, 1.807) is 0 Å². The molecule has 0 saturated carbocycles. The van der Waals surface area contributed by atoms with Gasteiger partial charge in [-0.15, -0.1) is 0 Å². The van der Waals surface area contributed by atoms with Crippen LogP contribution in [0, 0.1) is 0 Å². The van der Waals surface area contributed by atoms with E-state index in [1.165, 1.54) is 12.1 Å². The Morgan fingerprint density at radius 3 is 2.42 bits per heavy atom. The number of pyridine rings is 1. The highest BCUT2D eigenvalue weighted by Crippen LogP contribution is 2.40. The SMILES string of the molecule is OC1(c2cccc(C(F)(F)F)n2)CC2CCC(C1)N2. The quantitative estimate of drug-likeness (QED) is 0.824. The maximum Gasteiger partial charge on any atom is 0.433 e. The Morgan fingerprint density at radius 2 is 1.84 bits per heavy atom. The molecular formula is C13H15F3N2O. The van der Waals surface area contributed by atoms with E-state index in [1.807, 2.05) is 0 Å². The molecule has 0 aliphatic carbocycles. The lowest BCUT2D eigenvalue weighted by molar-refractivity contribution is -0.141. The Hall–Kier alpha value is -1.14. The van der Waals surface area contributed by atoms with Gasteiger partial charge in [0, 0.05) is 12.1 Å². The van der Waals surface area contributed by atoms with Crippen LogP contribution in [0.25, 0.3) is 0 Å². The number of hydrogen-bond donors (Lipinski definition) is 2. The molecule has 2 fully saturated rings. The smallest absolute Gasteiger partial charge is 0.383 e. The molecule has 2 unspecified atom stereocenters. The first kappa shape index (κ1) is 12.9. The molecule has 0 aromatic carbocycles. The van der Waals surface area contributed by atoms with Gasteiger partial charge in [0.05, 0.1) is 5.69 Å². The Labute approximate surface area is 108 Å². The first-order chi connectivity index (χ1) is 8.87. The first-order valence-corrected chi connectivity index (χ1v) is 6.40. The lowest BCUT2D eigenvalue weighted by atomic mass is 9.84. The summed E-state index contributed by atoms with van der Waals surface area (Å²) in [7, 11) is 0. The van der Waals surface area contributed by atoms with Crippen LogP contribution in [0.5, 0.6) is 0 Å². The predicted molar refractivity (Wildman–Crippen MR) is 62.3 cm³/mol. The average molecular weight is 272 g/mol. The minimum Gasteiger partial charge on any atom is -0.383 e. The number of nitrogens with zero attached hydrogens (tertiary/aromatic N) is 1. The molecule has 0 spiro atoms. The van der Waals surface area contributed by atoms with Gasteiger partial charge in [0.25, 0.3) is 0 Å². The maximum atomic E-state index is 12.7. The lowest BCUT2D eigenvalue weighted by Crippen LogP contribution is -2.47. The molecule has 1 aromatic heterocycles. The van der Waals surface area contributed by atoms with Gasteiger partial charge in [0.1, 0.15) is 11.3 Å². The predicted octanol–water partition coefficient (Wildman–Crippen LogP) is 2.20. The van der Waals surface area contributed by atoms with Crippen LogP contribution in [0.15, 0.2) is 18.2 Å². The summed E-state index contributed by atoms with van der Waals surface area (Å²) in [5.74, 6) is 0. The second-order valence-corrected chi connectivity index (χ2v) is 5.48. The molecule has 19 heavy (non-hydrogen) atoms. The van der Waals surface area contributed by atoms with E-state index in [9.17, 15) is 18.3 Å². The number of aliphatic hydroxyl groups is 1. The monoisotopic (exact) mass is 272 g/mol. The molecule has 104 valence electrons. The third-order valence-corrected chi connectivity index (χ3v) is 4.02. The van der Waals surface area contributed by atoms with Crippen molar-refractivity contribution in [2.45, 2.75) is 49.5 Å². The van der Waals surface area contributed by atoms with Gasteiger partial charge in [0.15, 0.2) is 0 Å². The molecule has 2 aliphatic heterocycles. The topological polar surface area (TPSA) is 45.2 Å². The van der Waals surface area contributed by atoms with E-state index in [0.29, 0.717) is 12.8 Å². The zero-order chi connectivity index (χ0) is 13.7. The van der Waals surface area contributed by atoms with E-state index < -0.39 is 17.5 Å². The molecule has 2 atom stereocenters. The Balaban J connectivity index is 1.93. The van der Waals surface area contributed by atoms with Crippen molar-refractivity contribution in [1.82, 2.24) is 10.3 Å². The van der Waals surface area contributed by atoms with Crippen LogP contribution in [0.2, 0.25) is 0 Å². The van der Waals surface area contributed by atoms with Crippen LogP contribution in [0.3, 0.4) is 0 Å². The highest BCUT2D eigenvalue weighted by atomic mass is 19.4. The van der Waals surface area contributed by atoms with Crippen molar-refractivity contribution in [2.75, 3.05) is 0 Å². The van der Waals surface area contributed by atoms with Gasteiger partial charge < -0.3 is 10.4 Å². The van der Waals surface area contributed by atoms with Gasteiger partial charge in [-0.25, -0.2) is 4.98 Å². The first-order valence-electron chi connectivity index (χ1n) is 6.40. The maximum absolute atomic E-state index is 12.7.